The van der Waals surface area contributed by atoms with Gasteiger partial charge in [0, 0.05) is 0 Å². The van der Waals surface area contributed by atoms with Crippen LogP contribution >= 0.6 is 12.2 Å². The Morgan fingerprint density at radius 3 is 2.63 bits per heavy atom. The molecule has 0 unspecified atom stereocenters. The molecule has 0 aromatic heterocycles. The summed E-state index contributed by atoms with van der Waals surface area (Å²) in [5.41, 5.74) is 2.77. The van der Waals surface area contributed by atoms with Crippen LogP contribution < -0.4 is 20.1 Å². The van der Waals surface area contributed by atoms with Crippen molar-refractivity contribution in [2.45, 2.75) is 33.6 Å². The van der Waals surface area contributed by atoms with Crippen LogP contribution in [0.4, 0.5) is 5.69 Å². The predicted molar refractivity (Wildman–Crippen MR) is 113 cm³/mol. The lowest BCUT2D eigenvalue weighted by molar-refractivity contribution is -0.121. The van der Waals surface area contributed by atoms with Crippen molar-refractivity contribution in [3.05, 3.63) is 53.6 Å². The molecule has 0 saturated heterocycles. The predicted octanol–water partition coefficient (Wildman–Crippen LogP) is 4.37. The van der Waals surface area contributed by atoms with Gasteiger partial charge in [-0.1, -0.05) is 37.6 Å². The molecular weight excluding hydrogens is 360 g/mol. The Hall–Kier alpha value is -2.60. The van der Waals surface area contributed by atoms with Gasteiger partial charge >= 0.3 is 0 Å². The summed E-state index contributed by atoms with van der Waals surface area (Å²) in [5.74, 6) is 1.07. The minimum Gasteiger partial charge on any atom is -0.491 e. The number of para-hydroxylation sites is 2. The summed E-state index contributed by atoms with van der Waals surface area (Å²) in [6, 6.07) is 13.4. The second kappa shape index (κ2) is 10.5. The summed E-state index contributed by atoms with van der Waals surface area (Å²) >= 11 is 5.23. The van der Waals surface area contributed by atoms with E-state index >= 15 is 0 Å². The Morgan fingerprint density at radius 1 is 1.07 bits per heavy atom. The van der Waals surface area contributed by atoms with Crippen LogP contribution in [0.5, 0.6) is 11.5 Å². The number of benzene rings is 2. The van der Waals surface area contributed by atoms with E-state index < -0.39 is 0 Å². The van der Waals surface area contributed by atoms with Crippen LogP contribution in [-0.2, 0) is 4.79 Å². The maximum absolute atomic E-state index is 12.1. The van der Waals surface area contributed by atoms with Gasteiger partial charge in [0.25, 0.3) is 5.91 Å². The molecule has 144 valence electrons. The minimum absolute atomic E-state index is 0.110. The third kappa shape index (κ3) is 6.90. The number of hydrogen-bond acceptors (Lipinski definition) is 4. The summed E-state index contributed by atoms with van der Waals surface area (Å²) in [7, 11) is 0. The first-order valence-electron chi connectivity index (χ1n) is 9.02. The summed E-state index contributed by atoms with van der Waals surface area (Å²) in [4.78, 5) is 12.1. The van der Waals surface area contributed by atoms with Gasteiger partial charge in [0.2, 0.25) is 0 Å². The lowest BCUT2D eigenvalue weighted by Gasteiger charge is -2.14. The molecule has 0 aliphatic rings. The molecule has 0 fully saturated rings. The number of carbonyl (C=O) groups excluding carboxylic acids is 1. The number of unbranched alkanes of at least 4 members (excludes halogenated alkanes) is 1. The highest BCUT2D eigenvalue weighted by molar-refractivity contribution is 7.80. The number of nitrogens with one attached hydrogen (secondary N) is 2. The molecule has 2 aromatic carbocycles. The maximum atomic E-state index is 12.1. The number of rotatable bonds is 8. The molecule has 0 aliphatic heterocycles. The molecule has 5 nitrogen and oxygen atoms in total. The Balaban J connectivity index is 1.86. The highest BCUT2D eigenvalue weighted by Crippen LogP contribution is 2.24. The van der Waals surface area contributed by atoms with Gasteiger partial charge in [0.1, 0.15) is 11.5 Å². The highest BCUT2D eigenvalue weighted by Gasteiger charge is 2.10. The van der Waals surface area contributed by atoms with Crippen molar-refractivity contribution in [2.24, 2.45) is 0 Å². The second-order valence-corrected chi connectivity index (χ2v) is 6.67. The van der Waals surface area contributed by atoms with Crippen LogP contribution in [0.1, 0.15) is 30.9 Å². The number of aryl methyl sites for hydroxylation is 2. The van der Waals surface area contributed by atoms with Crippen molar-refractivity contribution < 1.29 is 14.3 Å². The number of anilines is 1. The van der Waals surface area contributed by atoms with Gasteiger partial charge in [-0.2, -0.15) is 0 Å². The van der Waals surface area contributed by atoms with E-state index in [1.807, 2.05) is 56.3 Å². The molecule has 0 heterocycles. The fraction of sp³-hybridized carbons (Fsp3) is 0.333. The molecule has 0 spiro atoms. The van der Waals surface area contributed by atoms with E-state index in [0.717, 1.165) is 24.0 Å². The van der Waals surface area contributed by atoms with Gasteiger partial charge in [-0.3, -0.25) is 10.1 Å². The van der Waals surface area contributed by atoms with E-state index in [4.69, 9.17) is 21.7 Å². The van der Waals surface area contributed by atoms with Gasteiger partial charge < -0.3 is 14.8 Å². The largest absolute Gasteiger partial charge is 0.491 e. The molecule has 0 atom stereocenters. The topological polar surface area (TPSA) is 59.6 Å². The van der Waals surface area contributed by atoms with E-state index in [1.54, 1.807) is 0 Å². The summed E-state index contributed by atoms with van der Waals surface area (Å²) in [5, 5.41) is 5.84. The molecule has 6 heteroatoms. The Kier molecular flexibility index (Phi) is 8.07. The smallest absolute Gasteiger partial charge is 0.264 e. The van der Waals surface area contributed by atoms with E-state index in [9.17, 15) is 4.79 Å². The third-order valence-corrected chi connectivity index (χ3v) is 4.05. The number of amides is 1. The fourth-order valence-corrected chi connectivity index (χ4v) is 2.57. The molecule has 0 aliphatic carbocycles. The minimum atomic E-state index is -0.321. The monoisotopic (exact) mass is 386 g/mol. The van der Waals surface area contributed by atoms with Crippen LogP contribution in [0.2, 0.25) is 0 Å². The zero-order valence-electron chi connectivity index (χ0n) is 16.0. The lowest BCUT2D eigenvalue weighted by Crippen LogP contribution is -2.37. The molecule has 2 N–H and O–H groups in total. The van der Waals surface area contributed by atoms with Crippen molar-refractivity contribution in [1.29, 1.82) is 0 Å². The summed E-state index contributed by atoms with van der Waals surface area (Å²) in [6.45, 7) is 6.55. The van der Waals surface area contributed by atoms with Crippen molar-refractivity contribution >= 4 is 28.9 Å². The Morgan fingerprint density at radius 2 is 1.85 bits per heavy atom. The van der Waals surface area contributed by atoms with Gasteiger partial charge in [-0.25, -0.2) is 0 Å². The van der Waals surface area contributed by atoms with Gasteiger partial charge in [-0.05, 0) is 61.8 Å². The van der Waals surface area contributed by atoms with Gasteiger partial charge in [-0.15, -0.1) is 0 Å². The Bertz CT molecular complexity index is 793. The first kappa shape index (κ1) is 20.7. The second-order valence-electron chi connectivity index (χ2n) is 6.26. The Labute approximate surface area is 166 Å². The van der Waals surface area contributed by atoms with E-state index in [1.165, 1.54) is 0 Å². The SMILES string of the molecule is CCCCOc1ccccc1NC(=S)NC(=O)COc1cc(C)ccc1C. The molecule has 1 amide bonds. The lowest BCUT2D eigenvalue weighted by atomic mass is 10.1. The molecule has 0 bridgehead atoms. The molecule has 2 aromatic rings. The zero-order chi connectivity index (χ0) is 19.6. The zero-order valence-corrected chi connectivity index (χ0v) is 16.8. The summed E-state index contributed by atoms with van der Waals surface area (Å²) < 4.78 is 11.3. The van der Waals surface area contributed by atoms with Crippen molar-refractivity contribution in [1.82, 2.24) is 5.32 Å². The van der Waals surface area contributed by atoms with Crippen LogP contribution in [0, 0.1) is 13.8 Å². The molecule has 0 radical (unpaired) electrons. The van der Waals surface area contributed by atoms with Crippen LogP contribution in [-0.4, -0.2) is 24.2 Å². The van der Waals surface area contributed by atoms with Gasteiger partial charge in [0.15, 0.2) is 11.7 Å². The van der Waals surface area contributed by atoms with Crippen molar-refractivity contribution in [3.63, 3.8) is 0 Å². The van der Waals surface area contributed by atoms with Crippen LogP contribution in [0.25, 0.3) is 0 Å². The molecular formula is C21H26N2O3S. The quantitative estimate of drug-likeness (QED) is 0.521. The highest BCUT2D eigenvalue weighted by atomic mass is 32.1. The fourth-order valence-electron chi connectivity index (χ4n) is 2.34. The molecule has 0 saturated carbocycles. The number of thiocarbonyl (C=S) groups is 1. The van der Waals surface area contributed by atoms with Crippen molar-refractivity contribution in [3.8, 4) is 11.5 Å². The van der Waals surface area contributed by atoms with E-state index in [2.05, 4.69) is 17.6 Å². The number of hydrogen-bond donors (Lipinski definition) is 2. The average molecular weight is 387 g/mol. The summed E-state index contributed by atoms with van der Waals surface area (Å²) in [6.07, 6.45) is 2.04. The van der Waals surface area contributed by atoms with Crippen LogP contribution in [0.3, 0.4) is 0 Å². The van der Waals surface area contributed by atoms with Crippen molar-refractivity contribution in [2.75, 3.05) is 18.5 Å². The number of carbonyl (C=O) groups is 1. The average Bonchev–Trinajstić information content (AvgIpc) is 2.64. The maximum Gasteiger partial charge on any atom is 0.264 e. The van der Waals surface area contributed by atoms with Crippen LogP contribution in [0.15, 0.2) is 42.5 Å². The standard InChI is InChI=1S/C21H26N2O3S/c1-4-5-12-25-18-9-7-6-8-17(18)22-21(27)23-20(24)14-26-19-13-15(2)10-11-16(19)3/h6-11,13H,4-5,12,14H2,1-3H3,(H2,22,23,24,27). The van der Waals surface area contributed by atoms with Gasteiger partial charge in [0.05, 0.1) is 12.3 Å². The first-order valence-corrected chi connectivity index (χ1v) is 9.43. The van der Waals surface area contributed by atoms with E-state index in [-0.39, 0.29) is 17.6 Å². The first-order chi connectivity index (χ1) is 13.0. The normalized spacial score (nSPS) is 10.2. The number of ether oxygens (including phenoxy) is 2. The molecule has 27 heavy (non-hydrogen) atoms. The third-order valence-electron chi connectivity index (χ3n) is 3.85. The van der Waals surface area contributed by atoms with E-state index in [0.29, 0.717) is 23.8 Å². The molecule has 2 rings (SSSR count).